The molecule has 2 heterocycles. The number of rotatable bonds is 9. The van der Waals surface area contributed by atoms with Crippen molar-refractivity contribution in [1.29, 1.82) is 0 Å². The van der Waals surface area contributed by atoms with E-state index in [2.05, 4.69) is 25.5 Å². The van der Waals surface area contributed by atoms with Gasteiger partial charge in [-0.1, -0.05) is 36.4 Å². The molecule has 4 aromatic carbocycles. The molecule has 0 saturated carbocycles. The number of fused-ring (bicyclic) bond motifs is 1. The molecule has 2 N–H and O–H groups in total. The smallest absolute Gasteiger partial charge is 0.421 e. The summed E-state index contributed by atoms with van der Waals surface area (Å²) in [7, 11) is 1.57. The molecule has 14 heteroatoms. The van der Waals surface area contributed by atoms with Crippen LogP contribution in [0.2, 0.25) is 0 Å². The van der Waals surface area contributed by atoms with Crippen LogP contribution in [-0.4, -0.2) is 44.6 Å². The summed E-state index contributed by atoms with van der Waals surface area (Å²) >= 11 is 1.53. The van der Waals surface area contributed by atoms with Crippen LogP contribution in [0.15, 0.2) is 102 Å². The summed E-state index contributed by atoms with van der Waals surface area (Å²) in [5, 5.41) is 11.6. The summed E-state index contributed by atoms with van der Waals surface area (Å²) in [5.41, 5.74) is 1.82. The zero-order valence-electron chi connectivity index (χ0n) is 24.9. The maximum absolute atomic E-state index is 13.6. The number of nitrogens with zero attached hydrogens (tertiary/aromatic N) is 5. The summed E-state index contributed by atoms with van der Waals surface area (Å²) < 4.78 is 50.6. The van der Waals surface area contributed by atoms with Crippen molar-refractivity contribution in [3.05, 3.63) is 108 Å². The number of aromatic amines is 1. The van der Waals surface area contributed by atoms with Crippen LogP contribution in [0, 0.1) is 0 Å². The molecule has 0 spiro atoms. The van der Waals surface area contributed by atoms with Crippen LogP contribution in [0.5, 0.6) is 5.75 Å². The van der Waals surface area contributed by atoms with E-state index in [0.29, 0.717) is 33.7 Å². The van der Waals surface area contributed by atoms with Crippen molar-refractivity contribution in [1.82, 2.24) is 25.1 Å². The number of hydrogen-bond acceptors (Lipinski definition) is 9. The fourth-order valence-corrected chi connectivity index (χ4v) is 5.13. The minimum Gasteiger partial charge on any atom is -0.496 e. The van der Waals surface area contributed by atoms with E-state index in [1.165, 1.54) is 28.8 Å². The maximum atomic E-state index is 13.6. The summed E-state index contributed by atoms with van der Waals surface area (Å²) in [6.07, 6.45) is -1.63. The number of ether oxygens (including phenoxy) is 2. The third kappa shape index (κ3) is 7.12. The van der Waals surface area contributed by atoms with E-state index in [1.807, 2.05) is 48.7 Å². The molecule has 10 nitrogen and oxygen atoms in total. The van der Waals surface area contributed by atoms with Crippen LogP contribution in [0.4, 0.5) is 41.2 Å². The predicted molar refractivity (Wildman–Crippen MR) is 173 cm³/mol. The van der Waals surface area contributed by atoms with Crippen molar-refractivity contribution < 1.29 is 27.4 Å². The lowest BCUT2D eigenvalue weighted by atomic mass is 10.2. The quantitative estimate of drug-likeness (QED) is 0.148. The number of aromatic nitrogens is 5. The first-order chi connectivity index (χ1) is 22.7. The lowest BCUT2D eigenvalue weighted by Crippen LogP contribution is -2.28. The fraction of sp³-hybridized carbons (Fsp3) is 0.121. The number of carbonyl (C=O) groups excluding carboxylic acids is 1. The number of thioether (sulfide) groups is 1. The van der Waals surface area contributed by atoms with Crippen molar-refractivity contribution in [3.63, 3.8) is 0 Å². The maximum Gasteiger partial charge on any atom is 0.421 e. The van der Waals surface area contributed by atoms with E-state index in [4.69, 9.17) is 14.5 Å². The van der Waals surface area contributed by atoms with Crippen molar-refractivity contribution in [2.45, 2.75) is 17.7 Å². The van der Waals surface area contributed by atoms with Crippen molar-refractivity contribution in [2.75, 3.05) is 23.6 Å². The lowest BCUT2D eigenvalue weighted by Gasteiger charge is -2.21. The highest BCUT2D eigenvalue weighted by atomic mass is 32.2. The molecule has 6 aromatic rings. The second kappa shape index (κ2) is 13.4. The molecule has 0 aliphatic carbocycles. The summed E-state index contributed by atoms with van der Waals surface area (Å²) in [4.78, 5) is 28.0. The number of halogens is 3. The summed E-state index contributed by atoms with van der Waals surface area (Å²) in [6, 6.07) is 24.6. The highest BCUT2D eigenvalue weighted by Gasteiger charge is 2.30. The molecular weight excluding hydrogens is 631 g/mol. The van der Waals surface area contributed by atoms with Gasteiger partial charge in [0.05, 0.1) is 29.3 Å². The molecule has 0 unspecified atom stereocenters. The Bertz CT molecular complexity index is 2020. The largest absolute Gasteiger partial charge is 0.496 e. The van der Waals surface area contributed by atoms with E-state index >= 15 is 0 Å². The van der Waals surface area contributed by atoms with Gasteiger partial charge in [0.15, 0.2) is 5.82 Å². The molecular formula is C33H26F3N7O3S. The second-order valence-corrected chi connectivity index (χ2v) is 11.0. The zero-order valence-corrected chi connectivity index (χ0v) is 25.8. The minimum absolute atomic E-state index is 0.0337. The van der Waals surface area contributed by atoms with Gasteiger partial charge < -0.3 is 19.8 Å². The van der Waals surface area contributed by atoms with Gasteiger partial charge in [-0.2, -0.15) is 13.2 Å². The van der Waals surface area contributed by atoms with E-state index in [1.54, 1.807) is 37.6 Å². The van der Waals surface area contributed by atoms with E-state index < -0.39 is 17.8 Å². The lowest BCUT2D eigenvalue weighted by molar-refractivity contribution is -0.137. The number of anilines is 4. The molecule has 238 valence electrons. The molecule has 0 aliphatic heterocycles. The van der Waals surface area contributed by atoms with E-state index in [-0.39, 0.29) is 24.2 Å². The van der Waals surface area contributed by atoms with Gasteiger partial charge >= 0.3 is 12.3 Å². The Morgan fingerprint density at radius 2 is 1.77 bits per heavy atom. The first-order valence-electron chi connectivity index (χ1n) is 14.1. The van der Waals surface area contributed by atoms with Gasteiger partial charge in [-0.3, -0.25) is 0 Å². The predicted octanol–water partition coefficient (Wildman–Crippen LogP) is 8.38. The van der Waals surface area contributed by atoms with Crippen LogP contribution in [0.3, 0.4) is 0 Å². The van der Waals surface area contributed by atoms with Crippen molar-refractivity contribution in [2.24, 2.45) is 0 Å². The normalized spacial score (nSPS) is 11.3. The van der Waals surface area contributed by atoms with Crippen LogP contribution >= 0.6 is 11.8 Å². The molecule has 1 amide bonds. The highest BCUT2D eigenvalue weighted by Crippen LogP contribution is 2.34. The average molecular weight is 658 g/mol. The molecule has 0 aliphatic rings. The molecule has 47 heavy (non-hydrogen) atoms. The van der Waals surface area contributed by atoms with Crippen molar-refractivity contribution >= 4 is 52.0 Å². The topological polar surface area (TPSA) is 118 Å². The number of alkyl halides is 3. The number of amides is 1. The van der Waals surface area contributed by atoms with Gasteiger partial charge in [0.1, 0.15) is 12.4 Å². The summed E-state index contributed by atoms with van der Waals surface area (Å²) in [6.45, 7) is 0.0337. The number of H-pyrrole nitrogens is 1. The number of carbonyl (C=O) groups is 1. The van der Waals surface area contributed by atoms with Gasteiger partial charge in [-0.15, -0.1) is 22.0 Å². The second-order valence-electron chi connectivity index (χ2n) is 10.1. The van der Waals surface area contributed by atoms with Crippen LogP contribution in [-0.2, 0) is 17.5 Å². The van der Waals surface area contributed by atoms with Gasteiger partial charge in [0.2, 0.25) is 11.9 Å². The molecule has 0 saturated heterocycles. The number of methoxy groups -OCH3 is 1. The van der Waals surface area contributed by atoms with Crippen LogP contribution in [0.1, 0.15) is 11.1 Å². The zero-order chi connectivity index (χ0) is 33.0. The molecule has 0 fully saturated rings. The average Bonchev–Trinajstić information content (AvgIpc) is 3.55. The molecule has 6 rings (SSSR count). The standard InChI is InChI=1S/C33H26F3N7O3S/c1-45-28-17-25(47-2)16-27-26(28)18-37-31(39-27)43(32(44)46-19-20-7-4-3-5-8-20)24-13-11-21(12-14-24)29-40-30(42-41-29)38-23-10-6-9-22(15-23)33(34,35)36/h3-18H,19H2,1-2H3,(H2,38,40,41,42). The Kier molecular flexibility index (Phi) is 8.93. The Hall–Kier alpha value is -5.63. The minimum atomic E-state index is -4.48. The Labute approximate surface area is 271 Å². The Balaban J connectivity index is 1.29. The number of nitrogens with one attached hydrogen (secondary N) is 2. The summed E-state index contributed by atoms with van der Waals surface area (Å²) in [5.74, 6) is 1.20. The molecule has 2 aromatic heterocycles. The van der Waals surface area contributed by atoms with E-state index in [0.717, 1.165) is 22.6 Å². The fourth-order valence-electron chi connectivity index (χ4n) is 4.68. The monoisotopic (exact) mass is 657 g/mol. The van der Waals surface area contributed by atoms with Gasteiger partial charge in [0, 0.05) is 22.3 Å². The Morgan fingerprint density at radius 3 is 2.49 bits per heavy atom. The number of benzene rings is 4. The first kappa shape index (κ1) is 31.4. The van der Waals surface area contributed by atoms with Gasteiger partial charge in [-0.25, -0.2) is 19.7 Å². The third-order valence-corrected chi connectivity index (χ3v) is 7.71. The van der Waals surface area contributed by atoms with Crippen LogP contribution < -0.4 is 15.0 Å². The van der Waals surface area contributed by atoms with Crippen LogP contribution in [0.25, 0.3) is 22.3 Å². The Morgan fingerprint density at radius 1 is 0.979 bits per heavy atom. The molecule has 0 bridgehead atoms. The third-order valence-electron chi connectivity index (χ3n) is 7.01. The van der Waals surface area contributed by atoms with Crippen molar-refractivity contribution in [3.8, 4) is 17.1 Å². The SMILES string of the molecule is COc1cc(SC)cc2nc(N(C(=O)OCc3ccccc3)c3ccc(-c4nnc(Nc5cccc(C(F)(F)F)c5)[nH]4)cc3)ncc12. The van der Waals surface area contributed by atoms with Gasteiger partial charge in [0.25, 0.3) is 0 Å². The molecule has 0 radical (unpaired) electrons. The molecule has 0 atom stereocenters. The highest BCUT2D eigenvalue weighted by molar-refractivity contribution is 7.98. The van der Waals surface area contributed by atoms with E-state index in [9.17, 15) is 18.0 Å². The first-order valence-corrected chi connectivity index (χ1v) is 15.3. The van der Waals surface area contributed by atoms with Gasteiger partial charge in [-0.05, 0) is 66.4 Å². The number of hydrogen-bond donors (Lipinski definition) is 2.